The maximum atomic E-state index is 12.1. The lowest BCUT2D eigenvalue weighted by atomic mass is 10.0. The molecule has 0 radical (unpaired) electrons. The first-order valence-electron chi connectivity index (χ1n) is 6.77. The van der Waals surface area contributed by atoms with Crippen LogP contribution < -0.4 is 11.1 Å². The van der Waals surface area contributed by atoms with Crippen LogP contribution in [0.25, 0.3) is 0 Å². The van der Waals surface area contributed by atoms with Gasteiger partial charge in [-0.1, -0.05) is 6.07 Å². The quantitative estimate of drug-likeness (QED) is 0.825. The lowest BCUT2D eigenvalue weighted by Gasteiger charge is -2.10. The van der Waals surface area contributed by atoms with Crippen molar-refractivity contribution in [3.8, 4) is 0 Å². The summed E-state index contributed by atoms with van der Waals surface area (Å²) in [4.78, 5) is 16.2. The summed E-state index contributed by atoms with van der Waals surface area (Å²) < 4.78 is 0. The first-order valence-corrected chi connectivity index (χ1v) is 6.77. The largest absolute Gasteiger partial charge is 0.384 e. The van der Waals surface area contributed by atoms with Crippen LogP contribution in [0.3, 0.4) is 0 Å². The number of pyridine rings is 1. The van der Waals surface area contributed by atoms with E-state index in [1.54, 1.807) is 18.2 Å². The van der Waals surface area contributed by atoms with Gasteiger partial charge in [0.2, 0.25) is 0 Å². The molecule has 3 N–H and O–H groups in total. The molecular formula is C14H17N3O. The Morgan fingerprint density at radius 2 is 2.00 bits per heavy atom. The summed E-state index contributed by atoms with van der Waals surface area (Å²) in [5.74, 6) is 3.60. The summed E-state index contributed by atoms with van der Waals surface area (Å²) in [6, 6.07) is 5.60. The van der Waals surface area contributed by atoms with Gasteiger partial charge in [-0.2, -0.15) is 0 Å². The molecule has 4 nitrogen and oxygen atoms in total. The number of amides is 1. The molecule has 4 atom stereocenters. The fourth-order valence-corrected chi connectivity index (χ4v) is 4.32. The smallest absolute Gasteiger partial charge is 0.270 e. The Balaban J connectivity index is 1.46. The highest BCUT2D eigenvalue weighted by molar-refractivity contribution is 5.93. The van der Waals surface area contributed by atoms with Crippen molar-refractivity contribution in [3.63, 3.8) is 0 Å². The highest BCUT2D eigenvalue weighted by Gasteiger charge is 2.65. The van der Waals surface area contributed by atoms with Crippen LogP contribution in [0.4, 0.5) is 5.82 Å². The number of fused-ring (bicyclic) bond motifs is 5. The van der Waals surface area contributed by atoms with Gasteiger partial charge in [-0.3, -0.25) is 4.79 Å². The van der Waals surface area contributed by atoms with Gasteiger partial charge in [0.25, 0.3) is 5.91 Å². The topological polar surface area (TPSA) is 68.0 Å². The number of rotatable bonds is 2. The van der Waals surface area contributed by atoms with Gasteiger partial charge in [0.15, 0.2) is 0 Å². The van der Waals surface area contributed by atoms with E-state index in [-0.39, 0.29) is 5.91 Å². The number of nitrogens with zero attached hydrogens (tertiary/aromatic N) is 1. The SMILES string of the molecule is Nc1cccc(C(=O)NC2C3C4CCC(C4)C23)n1. The van der Waals surface area contributed by atoms with Gasteiger partial charge < -0.3 is 11.1 Å². The zero-order valence-electron chi connectivity index (χ0n) is 10.2. The van der Waals surface area contributed by atoms with Crippen LogP contribution in [0.15, 0.2) is 18.2 Å². The van der Waals surface area contributed by atoms with Crippen LogP contribution in [0.5, 0.6) is 0 Å². The summed E-state index contributed by atoms with van der Waals surface area (Å²) in [5, 5.41) is 3.14. The Morgan fingerprint density at radius 3 is 2.67 bits per heavy atom. The number of nitrogens with two attached hydrogens (primary N) is 1. The molecule has 0 saturated heterocycles. The van der Waals surface area contributed by atoms with E-state index in [2.05, 4.69) is 10.3 Å². The molecule has 0 aromatic carbocycles. The first-order chi connectivity index (χ1) is 8.74. The van der Waals surface area contributed by atoms with Crippen molar-refractivity contribution in [2.45, 2.75) is 25.3 Å². The van der Waals surface area contributed by atoms with Crippen LogP contribution in [0, 0.1) is 23.7 Å². The minimum atomic E-state index is -0.0684. The molecule has 1 amide bonds. The van der Waals surface area contributed by atoms with Gasteiger partial charge in [-0.05, 0) is 55.1 Å². The maximum Gasteiger partial charge on any atom is 0.270 e. The van der Waals surface area contributed by atoms with Crippen LogP contribution in [0.1, 0.15) is 29.8 Å². The Morgan fingerprint density at radius 1 is 1.28 bits per heavy atom. The fraction of sp³-hybridized carbons (Fsp3) is 0.571. The Kier molecular flexibility index (Phi) is 1.99. The number of nitrogens with one attached hydrogen (secondary N) is 1. The second kappa shape index (κ2) is 3.46. The van der Waals surface area contributed by atoms with Crippen LogP contribution in [-0.4, -0.2) is 16.9 Å². The molecule has 94 valence electrons. The second-order valence-corrected chi connectivity index (χ2v) is 5.93. The number of anilines is 1. The van der Waals surface area contributed by atoms with E-state index in [0.717, 1.165) is 23.7 Å². The van der Waals surface area contributed by atoms with Gasteiger partial charge in [-0.25, -0.2) is 4.98 Å². The van der Waals surface area contributed by atoms with Crippen molar-refractivity contribution < 1.29 is 4.79 Å². The number of hydrogen-bond acceptors (Lipinski definition) is 3. The van der Waals surface area contributed by atoms with E-state index in [9.17, 15) is 4.79 Å². The number of carbonyl (C=O) groups is 1. The third-order valence-corrected chi connectivity index (χ3v) is 5.04. The van der Waals surface area contributed by atoms with Crippen LogP contribution in [-0.2, 0) is 0 Å². The molecular weight excluding hydrogens is 226 g/mol. The lowest BCUT2D eigenvalue weighted by molar-refractivity contribution is 0.0939. The van der Waals surface area contributed by atoms with Crippen molar-refractivity contribution in [2.75, 3.05) is 5.73 Å². The van der Waals surface area contributed by atoms with E-state index in [1.165, 1.54) is 19.3 Å². The van der Waals surface area contributed by atoms with Gasteiger partial charge in [0.1, 0.15) is 11.5 Å². The van der Waals surface area contributed by atoms with E-state index in [1.807, 2.05) is 0 Å². The third kappa shape index (κ3) is 1.38. The molecule has 18 heavy (non-hydrogen) atoms. The summed E-state index contributed by atoms with van der Waals surface area (Å²) in [6.45, 7) is 0. The first kappa shape index (κ1) is 10.4. The van der Waals surface area contributed by atoms with E-state index in [0.29, 0.717) is 17.6 Å². The van der Waals surface area contributed by atoms with Crippen molar-refractivity contribution in [3.05, 3.63) is 23.9 Å². The third-order valence-electron chi connectivity index (χ3n) is 5.04. The number of hydrogen-bond donors (Lipinski definition) is 2. The fourth-order valence-electron chi connectivity index (χ4n) is 4.32. The summed E-state index contributed by atoms with van der Waals surface area (Å²) in [7, 11) is 0. The summed E-state index contributed by atoms with van der Waals surface area (Å²) in [5.41, 5.74) is 6.04. The minimum absolute atomic E-state index is 0.0684. The molecule has 1 aromatic rings. The molecule has 3 aliphatic rings. The predicted molar refractivity (Wildman–Crippen MR) is 67.7 cm³/mol. The van der Waals surface area contributed by atoms with Crippen molar-refractivity contribution in [2.24, 2.45) is 23.7 Å². The van der Waals surface area contributed by atoms with Crippen molar-refractivity contribution in [1.82, 2.24) is 10.3 Å². The molecule has 2 bridgehead atoms. The highest BCUT2D eigenvalue weighted by Crippen LogP contribution is 2.65. The summed E-state index contributed by atoms with van der Waals surface area (Å²) >= 11 is 0. The van der Waals surface area contributed by atoms with Crippen LogP contribution in [0.2, 0.25) is 0 Å². The molecule has 0 spiro atoms. The molecule has 1 heterocycles. The minimum Gasteiger partial charge on any atom is -0.384 e. The molecule has 3 fully saturated rings. The summed E-state index contributed by atoms with van der Waals surface area (Å²) in [6.07, 6.45) is 4.14. The molecule has 3 aliphatic carbocycles. The Bertz CT molecular complexity index is 500. The average molecular weight is 243 g/mol. The van der Waals surface area contributed by atoms with E-state index in [4.69, 9.17) is 5.73 Å². The lowest BCUT2D eigenvalue weighted by Crippen LogP contribution is -2.30. The molecule has 1 aromatic heterocycles. The molecule has 4 heteroatoms. The number of carbonyl (C=O) groups excluding carboxylic acids is 1. The monoisotopic (exact) mass is 243 g/mol. The molecule has 3 saturated carbocycles. The molecule has 0 aliphatic heterocycles. The maximum absolute atomic E-state index is 12.1. The van der Waals surface area contributed by atoms with E-state index < -0.39 is 0 Å². The zero-order valence-corrected chi connectivity index (χ0v) is 10.2. The Labute approximate surface area is 106 Å². The number of aromatic nitrogens is 1. The molecule has 4 unspecified atom stereocenters. The predicted octanol–water partition coefficient (Wildman–Crippen LogP) is 1.44. The van der Waals surface area contributed by atoms with E-state index >= 15 is 0 Å². The van der Waals surface area contributed by atoms with Gasteiger partial charge in [-0.15, -0.1) is 0 Å². The average Bonchev–Trinajstić information content (AvgIpc) is 2.77. The normalized spacial score (nSPS) is 39.4. The van der Waals surface area contributed by atoms with Gasteiger partial charge >= 0.3 is 0 Å². The Hall–Kier alpha value is -1.58. The zero-order chi connectivity index (χ0) is 12.3. The van der Waals surface area contributed by atoms with Crippen LogP contribution >= 0.6 is 0 Å². The van der Waals surface area contributed by atoms with Crippen molar-refractivity contribution >= 4 is 11.7 Å². The highest BCUT2D eigenvalue weighted by atomic mass is 16.2. The van der Waals surface area contributed by atoms with Gasteiger partial charge in [0.05, 0.1) is 0 Å². The number of nitrogen functional groups attached to an aromatic ring is 1. The second-order valence-electron chi connectivity index (χ2n) is 5.93. The standard InChI is InChI=1S/C14H17N3O/c15-10-3-1-2-9(16-10)14(18)17-13-11-7-4-5-8(6-7)12(11)13/h1-3,7-8,11-13H,4-6H2,(H2,15,16)(H,17,18). The van der Waals surface area contributed by atoms with Crippen molar-refractivity contribution in [1.29, 1.82) is 0 Å². The molecule has 4 rings (SSSR count). The van der Waals surface area contributed by atoms with Gasteiger partial charge in [0, 0.05) is 6.04 Å².